The van der Waals surface area contributed by atoms with Gasteiger partial charge in [-0.2, -0.15) is 0 Å². The third kappa shape index (κ3) is 1.10. The Labute approximate surface area is 53.5 Å². The van der Waals surface area contributed by atoms with Gasteiger partial charge in [-0.1, -0.05) is 0 Å². The van der Waals surface area contributed by atoms with E-state index in [1.807, 2.05) is 0 Å². The summed E-state index contributed by atoms with van der Waals surface area (Å²) in [6.07, 6.45) is 3.09. The molecular weight excluding hydrogens is 216 g/mol. The monoisotopic (exact) mass is 219 g/mol. The summed E-state index contributed by atoms with van der Waals surface area (Å²) in [5, 5.41) is 0. The van der Waals surface area contributed by atoms with Gasteiger partial charge in [-0.15, -0.1) is 0 Å². The maximum absolute atomic E-state index is 10.2. The Kier molecular flexibility index (Phi) is 1.68. The van der Waals surface area contributed by atoms with Gasteiger partial charge < -0.3 is 0 Å². The zero-order valence-electron chi connectivity index (χ0n) is 4.00. The number of rotatable bonds is 1. The molecule has 0 aliphatic rings. The van der Waals surface area contributed by atoms with Gasteiger partial charge in [0.25, 0.3) is 0 Å². The molecule has 1 heterocycles. The van der Waals surface area contributed by atoms with Crippen molar-refractivity contribution in [2.45, 2.75) is 0 Å². The van der Waals surface area contributed by atoms with Crippen molar-refractivity contribution in [3.63, 3.8) is 0 Å². The van der Waals surface area contributed by atoms with E-state index in [9.17, 15) is 6.03 Å². The van der Waals surface area contributed by atoms with E-state index >= 15 is 0 Å². The van der Waals surface area contributed by atoms with Crippen LogP contribution in [0.15, 0.2) is 18.5 Å². The zero-order chi connectivity index (χ0) is 5.98. The third-order valence-corrected chi connectivity index (χ3v) is 2.79. The predicted molar refractivity (Wildman–Crippen MR) is 27.6 cm³/mol. The van der Waals surface area contributed by atoms with Gasteiger partial charge in [0.2, 0.25) is 0 Å². The van der Waals surface area contributed by atoms with Crippen molar-refractivity contribution in [1.29, 1.82) is 0 Å². The van der Waals surface area contributed by atoms with E-state index in [2.05, 4.69) is 4.98 Å². The number of hydrogen-bond acceptors (Lipinski definition) is 2. The fourth-order valence-electron chi connectivity index (χ4n) is 0.429. The first-order valence-corrected chi connectivity index (χ1v) is 5.44. The van der Waals surface area contributed by atoms with Crippen LogP contribution in [0.4, 0.5) is 0 Å². The Balaban J connectivity index is 3.11. The van der Waals surface area contributed by atoms with Crippen molar-refractivity contribution >= 4 is 23.7 Å². The molecule has 0 saturated carbocycles. The van der Waals surface area contributed by atoms with E-state index in [0.29, 0.717) is 3.51 Å². The van der Waals surface area contributed by atoms with Crippen molar-refractivity contribution in [2.24, 2.45) is 0 Å². The molecule has 1 N–H and O–H groups in total. The maximum atomic E-state index is 10.2. The molecule has 0 fully saturated rings. The molecule has 0 bridgehead atoms. The number of aromatic nitrogens is 1. The summed E-state index contributed by atoms with van der Waals surface area (Å²) in [6.45, 7) is 0. The van der Waals surface area contributed by atoms with Gasteiger partial charge in [0.05, 0.1) is 0 Å². The third-order valence-electron chi connectivity index (χ3n) is 0.792. The Morgan fingerprint density at radius 3 is 2.50 bits per heavy atom. The Morgan fingerprint density at radius 1 is 1.50 bits per heavy atom. The minimum absolute atomic E-state index is 0.452. The van der Waals surface area contributed by atoms with Crippen molar-refractivity contribution < 1.29 is 6.03 Å². The molecule has 3 nitrogen and oxygen atoms in total. The summed E-state index contributed by atoms with van der Waals surface area (Å²) in [5.41, 5.74) is 0. The van der Waals surface area contributed by atoms with Gasteiger partial charge in [0, 0.05) is 0 Å². The van der Waals surface area contributed by atoms with Crippen LogP contribution in [0, 0.1) is 0 Å². The van der Waals surface area contributed by atoms with Crippen molar-refractivity contribution in [3.8, 4) is 0 Å². The van der Waals surface area contributed by atoms with Crippen LogP contribution in [0.3, 0.4) is 0 Å². The summed E-state index contributed by atoms with van der Waals surface area (Å²) in [6, 6.07) is 1.56. The van der Waals surface area contributed by atoms with Gasteiger partial charge in [0.1, 0.15) is 0 Å². The van der Waals surface area contributed by atoms with E-state index < -0.39 is 20.2 Å². The molecule has 4 heteroatoms. The standard InChI is InChI=1S/C4H4N.2O.Sb/c1-2-4-5-3-1;;;/h1,3-5H;;;. The topological polar surface area (TPSA) is 49.9 Å². The number of H-pyrrole nitrogens is 1. The molecule has 42 valence electrons. The number of aromatic amines is 1. The fraction of sp³-hybridized carbons (Fsp3) is 0. The summed E-state index contributed by atoms with van der Waals surface area (Å²) in [5.74, 6) is 0. The van der Waals surface area contributed by atoms with Crippen LogP contribution in [-0.4, -0.2) is 25.2 Å². The summed E-state index contributed by atoms with van der Waals surface area (Å²) in [4.78, 5) is 2.66. The molecular formula is C4H4NO2Sb. The van der Waals surface area contributed by atoms with Crippen LogP contribution in [0.25, 0.3) is 0 Å². The molecule has 0 spiro atoms. The van der Waals surface area contributed by atoms with Gasteiger partial charge >= 0.3 is 53.2 Å². The SMILES string of the molecule is [O]=[Sb](=[O])[c]1cc[nH]c1. The van der Waals surface area contributed by atoms with Crippen LogP contribution in [-0.2, 0) is 6.03 Å². The van der Waals surface area contributed by atoms with Gasteiger partial charge in [-0.05, 0) is 0 Å². The van der Waals surface area contributed by atoms with E-state index in [1.54, 1.807) is 12.3 Å². The predicted octanol–water partition coefficient (Wildman–Crippen LogP) is -0.429. The quantitative estimate of drug-likeness (QED) is 0.652. The Morgan fingerprint density at radius 2 is 2.25 bits per heavy atom. The first-order chi connectivity index (χ1) is 3.80. The molecule has 0 saturated heterocycles. The van der Waals surface area contributed by atoms with Gasteiger partial charge in [0.15, 0.2) is 0 Å². The zero-order valence-corrected chi connectivity index (χ0v) is 6.55. The van der Waals surface area contributed by atoms with Crippen LogP contribution in [0.1, 0.15) is 0 Å². The van der Waals surface area contributed by atoms with Crippen molar-refractivity contribution in [1.82, 2.24) is 4.98 Å². The molecule has 0 unspecified atom stereocenters. The molecule has 0 atom stereocenters. The summed E-state index contributed by atoms with van der Waals surface area (Å²) in [7, 11) is 0. The van der Waals surface area contributed by atoms with E-state index in [0.717, 1.165) is 0 Å². The molecule has 0 radical (unpaired) electrons. The first-order valence-electron chi connectivity index (χ1n) is 2.08. The second-order valence-corrected chi connectivity index (χ2v) is 4.27. The fourth-order valence-corrected chi connectivity index (χ4v) is 1.50. The van der Waals surface area contributed by atoms with Crippen LogP contribution in [0.5, 0.6) is 0 Å². The number of nitrogens with one attached hydrogen (secondary N) is 1. The van der Waals surface area contributed by atoms with Crippen molar-refractivity contribution in [3.05, 3.63) is 18.5 Å². The minimum atomic E-state index is -3.38. The molecule has 0 aliphatic carbocycles. The van der Waals surface area contributed by atoms with E-state index in [4.69, 9.17) is 0 Å². The van der Waals surface area contributed by atoms with Crippen molar-refractivity contribution in [2.75, 3.05) is 0 Å². The molecule has 0 aliphatic heterocycles. The normalized spacial score (nSPS) is 9.00. The average molecular weight is 220 g/mol. The molecule has 1 aromatic rings. The number of hydrogen-bond donors (Lipinski definition) is 1. The first kappa shape index (κ1) is 5.83. The van der Waals surface area contributed by atoms with E-state index in [-0.39, 0.29) is 0 Å². The van der Waals surface area contributed by atoms with E-state index in [1.165, 1.54) is 6.20 Å². The van der Waals surface area contributed by atoms with Gasteiger partial charge in [-0.3, -0.25) is 0 Å². The molecule has 0 amide bonds. The molecule has 8 heavy (non-hydrogen) atoms. The van der Waals surface area contributed by atoms with Gasteiger partial charge in [-0.25, -0.2) is 0 Å². The van der Waals surface area contributed by atoms with Crippen LogP contribution >= 0.6 is 0 Å². The second-order valence-electron chi connectivity index (χ2n) is 1.33. The molecule has 0 aromatic carbocycles. The molecule has 1 rings (SSSR count). The summed E-state index contributed by atoms with van der Waals surface area (Å²) >= 11 is -3.38. The summed E-state index contributed by atoms with van der Waals surface area (Å²) < 4.78 is 20.8. The Bertz CT molecular complexity index is 216. The average Bonchev–Trinajstić information content (AvgIpc) is 2.12. The Hall–Kier alpha value is -0.302. The van der Waals surface area contributed by atoms with Crippen LogP contribution in [0.2, 0.25) is 0 Å². The van der Waals surface area contributed by atoms with Crippen LogP contribution < -0.4 is 3.51 Å². The second kappa shape index (κ2) is 2.31. The molecule has 1 aromatic heterocycles.